The third-order valence-electron chi connectivity index (χ3n) is 3.09. The van der Waals surface area contributed by atoms with Crippen LogP contribution in [0.25, 0.3) is 0 Å². The van der Waals surface area contributed by atoms with E-state index in [0.29, 0.717) is 16.9 Å². The molecule has 3 N–H and O–H groups in total. The average Bonchev–Trinajstić information content (AvgIpc) is 2.47. The van der Waals surface area contributed by atoms with Crippen molar-refractivity contribution in [2.24, 2.45) is 0 Å². The van der Waals surface area contributed by atoms with Crippen LogP contribution in [0, 0.1) is 6.92 Å². The van der Waals surface area contributed by atoms with E-state index < -0.39 is 12.1 Å². The Morgan fingerprint density at radius 3 is 2.45 bits per heavy atom. The lowest BCUT2D eigenvalue weighted by molar-refractivity contribution is -0.123. The number of carbonyl (C=O) groups is 2. The van der Waals surface area contributed by atoms with Gasteiger partial charge in [0, 0.05) is 11.4 Å². The van der Waals surface area contributed by atoms with E-state index in [0.717, 1.165) is 5.56 Å². The van der Waals surface area contributed by atoms with Gasteiger partial charge in [0.05, 0.1) is 5.56 Å². The van der Waals surface area contributed by atoms with Crippen LogP contribution in [0.4, 0.5) is 11.4 Å². The molecule has 0 aliphatic heterocycles. The Balaban J connectivity index is 1.96. The molecular formula is C17H18N2O3. The molecule has 5 heteroatoms. The van der Waals surface area contributed by atoms with Gasteiger partial charge in [0.1, 0.15) is 0 Å². The fourth-order valence-electron chi connectivity index (χ4n) is 1.87. The number of anilines is 2. The van der Waals surface area contributed by atoms with Gasteiger partial charge in [0.2, 0.25) is 0 Å². The molecule has 0 spiro atoms. The summed E-state index contributed by atoms with van der Waals surface area (Å²) < 4.78 is 5.15. The van der Waals surface area contributed by atoms with Crippen LogP contribution in [0.1, 0.15) is 22.8 Å². The zero-order valence-corrected chi connectivity index (χ0v) is 12.5. The largest absolute Gasteiger partial charge is 0.449 e. The van der Waals surface area contributed by atoms with Gasteiger partial charge in [-0.3, -0.25) is 4.79 Å². The highest BCUT2D eigenvalue weighted by Gasteiger charge is 2.19. The smallest absolute Gasteiger partial charge is 0.338 e. The molecule has 0 saturated carbocycles. The normalized spacial score (nSPS) is 11.5. The Hall–Kier alpha value is -2.82. The van der Waals surface area contributed by atoms with Gasteiger partial charge in [0.25, 0.3) is 5.91 Å². The molecule has 2 aromatic rings. The van der Waals surface area contributed by atoms with E-state index in [1.807, 2.05) is 25.1 Å². The standard InChI is InChI=1S/C17H18N2O3/c1-11-4-3-5-15(10-11)19-16(20)12(2)22-17(21)13-6-8-14(18)9-7-13/h3-10,12H,18H2,1-2H3,(H,19,20)/t12-/m0/s1. The number of nitrogens with one attached hydrogen (secondary N) is 1. The summed E-state index contributed by atoms with van der Waals surface area (Å²) in [6, 6.07) is 13.7. The Morgan fingerprint density at radius 1 is 1.14 bits per heavy atom. The molecule has 1 amide bonds. The number of benzene rings is 2. The molecule has 0 saturated heterocycles. The summed E-state index contributed by atoms with van der Waals surface area (Å²) in [6.07, 6.45) is -0.898. The molecular weight excluding hydrogens is 280 g/mol. The SMILES string of the molecule is Cc1cccc(NC(=O)[C@H](C)OC(=O)c2ccc(N)cc2)c1. The summed E-state index contributed by atoms with van der Waals surface area (Å²) in [5.41, 5.74) is 8.17. The molecule has 0 fully saturated rings. The number of hydrogen-bond donors (Lipinski definition) is 2. The van der Waals surface area contributed by atoms with Crippen LogP contribution < -0.4 is 11.1 Å². The van der Waals surface area contributed by atoms with Gasteiger partial charge in [-0.2, -0.15) is 0 Å². The second-order valence-corrected chi connectivity index (χ2v) is 5.03. The minimum atomic E-state index is -0.898. The van der Waals surface area contributed by atoms with E-state index in [1.165, 1.54) is 6.92 Å². The minimum Gasteiger partial charge on any atom is -0.449 e. The van der Waals surface area contributed by atoms with Gasteiger partial charge in [-0.25, -0.2) is 4.79 Å². The van der Waals surface area contributed by atoms with E-state index in [4.69, 9.17) is 10.5 Å². The Kier molecular flexibility index (Phi) is 4.78. The predicted molar refractivity (Wildman–Crippen MR) is 85.5 cm³/mol. The summed E-state index contributed by atoms with van der Waals surface area (Å²) in [5, 5.41) is 2.71. The van der Waals surface area contributed by atoms with E-state index in [9.17, 15) is 9.59 Å². The third kappa shape index (κ3) is 4.09. The number of nitrogen functional groups attached to an aromatic ring is 1. The number of carbonyl (C=O) groups excluding carboxylic acids is 2. The lowest BCUT2D eigenvalue weighted by atomic mass is 10.2. The number of aryl methyl sites for hydroxylation is 1. The zero-order chi connectivity index (χ0) is 16.1. The summed E-state index contributed by atoms with van der Waals surface area (Å²) in [4.78, 5) is 24.0. The second kappa shape index (κ2) is 6.76. The fraction of sp³-hybridized carbons (Fsp3) is 0.176. The Bertz CT molecular complexity index is 681. The minimum absolute atomic E-state index is 0.351. The van der Waals surface area contributed by atoms with Crippen LogP contribution in [-0.2, 0) is 9.53 Å². The molecule has 0 aromatic heterocycles. The molecule has 2 aromatic carbocycles. The van der Waals surface area contributed by atoms with E-state index in [-0.39, 0.29) is 5.91 Å². The fourth-order valence-corrected chi connectivity index (χ4v) is 1.87. The van der Waals surface area contributed by atoms with Crippen LogP contribution in [0.15, 0.2) is 48.5 Å². The van der Waals surface area contributed by atoms with Crippen LogP contribution in [-0.4, -0.2) is 18.0 Å². The molecule has 2 rings (SSSR count). The third-order valence-corrected chi connectivity index (χ3v) is 3.09. The maximum Gasteiger partial charge on any atom is 0.338 e. The maximum absolute atomic E-state index is 12.0. The predicted octanol–water partition coefficient (Wildman–Crippen LogP) is 2.76. The molecule has 1 atom stereocenters. The number of rotatable bonds is 4. The van der Waals surface area contributed by atoms with Gasteiger partial charge in [-0.15, -0.1) is 0 Å². The highest BCUT2D eigenvalue weighted by Crippen LogP contribution is 2.12. The quantitative estimate of drug-likeness (QED) is 0.671. The summed E-state index contributed by atoms with van der Waals surface area (Å²) >= 11 is 0. The van der Waals surface area contributed by atoms with Crippen molar-refractivity contribution in [2.45, 2.75) is 20.0 Å². The molecule has 0 heterocycles. The number of nitrogens with two attached hydrogens (primary N) is 1. The van der Waals surface area contributed by atoms with Crippen LogP contribution >= 0.6 is 0 Å². The van der Waals surface area contributed by atoms with Gasteiger partial charge < -0.3 is 15.8 Å². The first-order valence-corrected chi connectivity index (χ1v) is 6.90. The highest BCUT2D eigenvalue weighted by molar-refractivity contribution is 5.97. The van der Waals surface area contributed by atoms with E-state index in [1.54, 1.807) is 30.3 Å². The average molecular weight is 298 g/mol. The van der Waals surface area contributed by atoms with Crippen molar-refractivity contribution in [3.63, 3.8) is 0 Å². The van der Waals surface area contributed by atoms with Crippen molar-refractivity contribution in [3.05, 3.63) is 59.7 Å². The maximum atomic E-state index is 12.0. The number of hydrogen-bond acceptors (Lipinski definition) is 4. The highest BCUT2D eigenvalue weighted by atomic mass is 16.5. The van der Waals surface area contributed by atoms with Gasteiger partial charge in [-0.05, 0) is 55.8 Å². The van der Waals surface area contributed by atoms with Crippen molar-refractivity contribution >= 4 is 23.3 Å². The Labute approximate surface area is 129 Å². The van der Waals surface area contributed by atoms with Crippen molar-refractivity contribution < 1.29 is 14.3 Å². The second-order valence-electron chi connectivity index (χ2n) is 5.03. The lowest BCUT2D eigenvalue weighted by Crippen LogP contribution is -2.30. The summed E-state index contributed by atoms with van der Waals surface area (Å²) in [6.45, 7) is 3.46. The van der Waals surface area contributed by atoms with Gasteiger partial charge in [0.15, 0.2) is 6.10 Å². The van der Waals surface area contributed by atoms with E-state index >= 15 is 0 Å². The van der Waals surface area contributed by atoms with Gasteiger partial charge >= 0.3 is 5.97 Å². The molecule has 5 nitrogen and oxygen atoms in total. The molecule has 0 aliphatic rings. The Morgan fingerprint density at radius 2 is 1.82 bits per heavy atom. The van der Waals surface area contributed by atoms with Crippen LogP contribution in [0.5, 0.6) is 0 Å². The van der Waals surface area contributed by atoms with Gasteiger partial charge in [-0.1, -0.05) is 12.1 Å². The number of amides is 1. The first-order chi connectivity index (χ1) is 10.5. The first-order valence-electron chi connectivity index (χ1n) is 6.90. The monoisotopic (exact) mass is 298 g/mol. The molecule has 0 aliphatic carbocycles. The molecule has 114 valence electrons. The zero-order valence-electron chi connectivity index (χ0n) is 12.5. The molecule has 22 heavy (non-hydrogen) atoms. The molecule has 0 unspecified atom stereocenters. The number of esters is 1. The topological polar surface area (TPSA) is 81.4 Å². The summed E-state index contributed by atoms with van der Waals surface area (Å²) in [5.74, 6) is -0.943. The van der Waals surface area contributed by atoms with Crippen LogP contribution in [0.3, 0.4) is 0 Å². The summed E-state index contributed by atoms with van der Waals surface area (Å²) in [7, 11) is 0. The van der Waals surface area contributed by atoms with Crippen molar-refractivity contribution in [2.75, 3.05) is 11.1 Å². The van der Waals surface area contributed by atoms with Crippen LogP contribution in [0.2, 0.25) is 0 Å². The molecule has 0 bridgehead atoms. The van der Waals surface area contributed by atoms with Crippen molar-refractivity contribution in [3.8, 4) is 0 Å². The van der Waals surface area contributed by atoms with E-state index in [2.05, 4.69) is 5.32 Å². The first kappa shape index (κ1) is 15.6. The van der Waals surface area contributed by atoms with Crippen molar-refractivity contribution in [1.82, 2.24) is 0 Å². The van der Waals surface area contributed by atoms with Crippen molar-refractivity contribution in [1.29, 1.82) is 0 Å². The number of ether oxygens (including phenoxy) is 1. The lowest BCUT2D eigenvalue weighted by Gasteiger charge is -2.14. The molecule has 0 radical (unpaired) electrons.